The van der Waals surface area contributed by atoms with Crippen LogP contribution in [0.2, 0.25) is 0 Å². The fraction of sp³-hybridized carbons (Fsp3) is 0.600. The number of ketones is 1. The normalized spacial score (nSPS) is 20.0. The molecule has 4 heteroatoms. The van der Waals surface area contributed by atoms with Crippen LogP contribution in [0.15, 0.2) is 6.07 Å². The number of aryl methyl sites for hydroxylation is 1. The molecule has 1 saturated carbocycles. The molecular formula is C15H20N2O2. The summed E-state index contributed by atoms with van der Waals surface area (Å²) in [4.78, 5) is 24.1. The van der Waals surface area contributed by atoms with Crippen molar-refractivity contribution >= 4 is 11.7 Å². The summed E-state index contributed by atoms with van der Waals surface area (Å²) < 4.78 is 2.05. The first-order chi connectivity index (χ1) is 9.08. The van der Waals surface area contributed by atoms with Crippen molar-refractivity contribution in [2.24, 2.45) is 0 Å². The summed E-state index contributed by atoms with van der Waals surface area (Å²) >= 11 is 0. The summed E-state index contributed by atoms with van der Waals surface area (Å²) in [7, 11) is 0. The number of nitrogens with one attached hydrogen (secondary N) is 1. The fourth-order valence-corrected chi connectivity index (χ4v) is 2.96. The van der Waals surface area contributed by atoms with Gasteiger partial charge < -0.3 is 9.88 Å². The molecule has 0 bridgehead atoms. The van der Waals surface area contributed by atoms with Gasteiger partial charge in [0.25, 0.3) is 0 Å². The second-order valence-corrected chi connectivity index (χ2v) is 5.75. The molecule has 0 spiro atoms. The lowest BCUT2D eigenvalue weighted by atomic mass is 9.96. The van der Waals surface area contributed by atoms with Crippen molar-refractivity contribution in [2.75, 3.05) is 0 Å². The van der Waals surface area contributed by atoms with Crippen LogP contribution in [0.4, 0.5) is 0 Å². The smallest absolute Gasteiger partial charge is 0.242 e. The summed E-state index contributed by atoms with van der Waals surface area (Å²) in [5.74, 6) is 0.292. The fourth-order valence-electron chi connectivity index (χ4n) is 2.96. The summed E-state index contributed by atoms with van der Waals surface area (Å²) in [6.45, 7) is 3.90. The molecule has 0 saturated heterocycles. The van der Waals surface area contributed by atoms with E-state index in [1.54, 1.807) is 0 Å². The van der Waals surface area contributed by atoms with Crippen molar-refractivity contribution in [3.8, 4) is 0 Å². The van der Waals surface area contributed by atoms with Gasteiger partial charge in [0.05, 0.1) is 0 Å². The Hall–Kier alpha value is -1.58. The molecule has 1 heterocycles. The highest BCUT2D eigenvalue weighted by atomic mass is 16.2. The first kappa shape index (κ1) is 12.5. The zero-order chi connectivity index (χ0) is 13.6. The molecular weight excluding hydrogens is 240 g/mol. The molecule has 4 nitrogen and oxygen atoms in total. The van der Waals surface area contributed by atoms with Gasteiger partial charge in [-0.05, 0) is 45.6 Å². The lowest BCUT2D eigenvalue weighted by molar-refractivity contribution is -0.124. The van der Waals surface area contributed by atoms with E-state index in [0.717, 1.165) is 42.6 Å². The van der Waals surface area contributed by atoms with E-state index in [1.807, 2.05) is 24.5 Å². The van der Waals surface area contributed by atoms with Crippen LogP contribution in [0.1, 0.15) is 60.4 Å². The van der Waals surface area contributed by atoms with Gasteiger partial charge in [-0.3, -0.25) is 9.59 Å². The number of fused-ring (bicyclic) bond motifs is 1. The highest BCUT2D eigenvalue weighted by molar-refractivity contribution is 5.98. The Morgan fingerprint density at radius 2 is 2.16 bits per heavy atom. The van der Waals surface area contributed by atoms with E-state index in [4.69, 9.17) is 0 Å². The zero-order valence-corrected chi connectivity index (χ0v) is 11.5. The number of hydrogen-bond acceptors (Lipinski definition) is 2. The number of amides is 1. The first-order valence-electron chi connectivity index (χ1n) is 7.12. The van der Waals surface area contributed by atoms with Crippen LogP contribution in [-0.4, -0.2) is 22.3 Å². The van der Waals surface area contributed by atoms with Gasteiger partial charge in [-0.1, -0.05) is 0 Å². The number of nitrogens with zero attached hydrogens (tertiary/aromatic N) is 1. The molecule has 1 amide bonds. The topological polar surface area (TPSA) is 51.1 Å². The predicted molar refractivity (Wildman–Crippen MR) is 72.3 cm³/mol. The van der Waals surface area contributed by atoms with Crippen molar-refractivity contribution < 1.29 is 9.59 Å². The van der Waals surface area contributed by atoms with Gasteiger partial charge in [0.15, 0.2) is 5.78 Å². The standard InChI is InChI=1S/C15H20N2O2/c1-9-8-12-13(4-3-5-14(12)18)17(9)10(2)15(19)16-11-6-7-11/h8,10-11H,3-7H2,1-2H3,(H,16,19). The van der Waals surface area contributed by atoms with Crippen LogP contribution in [0.5, 0.6) is 0 Å². The molecule has 102 valence electrons. The summed E-state index contributed by atoms with van der Waals surface area (Å²) in [5, 5.41) is 3.04. The Morgan fingerprint density at radius 1 is 1.42 bits per heavy atom. The maximum Gasteiger partial charge on any atom is 0.242 e. The van der Waals surface area contributed by atoms with Crippen molar-refractivity contribution in [3.05, 3.63) is 23.0 Å². The molecule has 1 fully saturated rings. The van der Waals surface area contributed by atoms with E-state index >= 15 is 0 Å². The molecule has 1 N–H and O–H groups in total. The largest absolute Gasteiger partial charge is 0.352 e. The van der Waals surface area contributed by atoms with Gasteiger partial charge in [0, 0.05) is 29.4 Å². The van der Waals surface area contributed by atoms with Crippen LogP contribution < -0.4 is 5.32 Å². The van der Waals surface area contributed by atoms with E-state index in [0.29, 0.717) is 12.5 Å². The number of aromatic nitrogens is 1. The molecule has 0 aromatic carbocycles. The lowest BCUT2D eigenvalue weighted by Crippen LogP contribution is -2.33. The second kappa shape index (κ2) is 4.51. The second-order valence-electron chi connectivity index (χ2n) is 5.75. The first-order valence-corrected chi connectivity index (χ1v) is 7.12. The average molecular weight is 260 g/mol. The number of hydrogen-bond donors (Lipinski definition) is 1. The van der Waals surface area contributed by atoms with Crippen LogP contribution in [-0.2, 0) is 11.2 Å². The van der Waals surface area contributed by atoms with E-state index in [-0.39, 0.29) is 17.7 Å². The average Bonchev–Trinajstić information content (AvgIpc) is 3.10. The Morgan fingerprint density at radius 3 is 2.84 bits per heavy atom. The minimum absolute atomic E-state index is 0.0713. The summed E-state index contributed by atoms with van der Waals surface area (Å²) in [6, 6.07) is 2.09. The van der Waals surface area contributed by atoms with Gasteiger partial charge in [-0.2, -0.15) is 0 Å². The van der Waals surface area contributed by atoms with Gasteiger partial charge in [-0.25, -0.2) is 0 Å². The van der Waals surface area contributed by atoms with Crippen LogP contribution in [0, 0.1) is 6.92 Å². The molecule has 2 aliphatic rings. The Kier molecular flexibility index (Phi) is 2.96. The number of rotatable bonds is 3. The Bertz CT molecular complexity index is 541. The van der Waals surface area contributed by atoms with Crippen LogP contribution in [0.3, 0.4) is 0 Å². The molecule has 19 heavy (non-hydrogen) atoms. The van der Waals surface area contributed by atoms with Crippen molar-refractivity contribution in [1.82, 2.24) is 9.88 Å². The predicted octanol–water partition coefficient (Wildman–Crippen LogP) is 2.16. The molecule has 1 unspecified atom stereocenters. The van der Waals surface area contributed by atoms with E-state index in [2.05, 4.69) is 5.32 Å². The Balaban J connectivity index is 1.90. The van der Waals surface area contributed by atoms with Gasteiger partial charge in [0.2, 0.25) is 5.91 Å². The van der Waals surface area contributed by atoms with Gasteiger partial charge in [0.1, 0.15) is 6.04 Å². The third-order valence-corrected chi connectivity index (χ3v) is 4.14. The summed E-state index contributed by atoms with van der Waals surface area (Å²) in [5.41, 5.74) is 2.89. The number of carbonyl (C=O) groups excluding carboxylic acids is 2. The van der Waals surface area contributed by atoms with Crippen LogP contribution >= 0.6 is 0 Å². The molecule has 3 rings (SSSR count). The zero-order valence-electron chi connectivity index (χ0n) is 11.5. The molecule has 1 aromatic rings. The number of Topliss-reactive ketones (excluding diaryl/α,β-unsaturated/α-hetero) is 1. The lowest BCUT2D eigenvalue weighted by Gasteiger charge is -2.21. The van der Waals surface area contributed by atoms with E-state index < -0.39 is 0 Å². The van der Waals surface area contributed by atoms with E-state index in [1.165, 1.54) is 0 Å². The van der Waals surface area contributed by atoms with Crippen LogP contribution in [0.25, 0.3) is 0 Å². The third kappa shape index (κ3) is 2.20. The summed E-state index contributed by atoms with van der Waals surface area (Å²) in [6.07, 6.45) is 4.63. The SMILES string of the molecule is Cc1cc2c(n1C(C)C(=O)NC1CC1)CCCC2=O. The molecule has 0 aliphatic heterocycles. The van der Waals surface area contributed by atoms with Gasteiger partial charge in [-0.15, -0.1) is 0 Å². The van der Waals surface area contributed by atoms with Crippen molar-refractivity contribution in [2.45, 2.75) is 58.0 Å². The Labute approximate surface area is 113 Å². The maximum atomic E-state index is 12.2. The van der Waals surface area contributed by atoms with Crippen molar-refractivity contribution in [1.29, 1.82) is 0 Å². The highest BCUT2D eigenvalue weighted by Crippen LogP contribution is 2.28. The van der Waals surface area contributed by atoms with Gasteiger partial charge >= 0.3 is 0 Å². The maximum absolute atomic E-state index is 12.2. The number of carbonyl (C=O) groups is 2. The molecule has 1 atom stereocenters. The van der Waals surface area contributed by atoms with Crippen molar-refractivity contribution in [3.63, 3.8) is 0 Å². The third-order valence-electron chi connectivity index (χ3n) is 4.14. The minimum atomic E-state index is -0.227. The van der Waals surface area contributed by atoms with E-state index in [9.17, 15) is 9.59 Å². The monoisotopic (exact) mass is 260 g/mol. The minimum Gasteiger partial charge on any atom is -0.352 e. The highest BCUT2D eigenvalue weighted by Gasteiger charge is 2.30. The molecule has 1 aromatic heterocycles. The molecule has 0 radical (unpaired) electrons. The quantitative estimate of drug-likeness (QED) is 0.905. The molecule has 2 aliphatic carbocycles.